The summed E-state index contributed by atoms with van der Waals surface area (Å²) in [7, 11) is 0. The van der Waals surface area contributed by atoms with Gasteiger partial charge in [-0.15, -0.1) is 0 Å². The second-order valence-electron chi connectivity index (χ2n) is 3.25. The molecule has 1 aliphatic rings. The second kappa shape index (κ2) is 5.16. The lowest BCUT2D eigenvalue weighted by atomic mass is 10.4. The molecule has 0 radical (unpaired) electrons. The van der Waals surface area contributed by atoms with E-state index in [4.69, 9.17) is 0 Å². The van der Waals surface area contributed by atoms with Crippen molar-refractivity contribution in [3.05, 3.63) is 0 Å². The number of carbonyl (C=O) groups excluding carboxylic acids is 1. The highest BCUT2D eigenvalue weighted by molar-refractivity contribution is 9.10. The fourth-order valence-corrected chi connectivity index (χ4v) is 1.78. The van der Waals surface area contributed by atoms with E-state index in [2.05, 4.69) is 20.7 Å². The van der Waals surface area contributed by atoms with Crippen molar-refractivity contribution in [2.45, 2.75) is 17.4 Å². The van der Waals surface area contributed by atoms with E-state index in [9.17, 15) is 18.0 Å². The molecular weight excluding hydrogens is 279 g/mol. The first kappa shape index (κ1) is 12.8. The van der Waals surface area contributed by atoms with Crippen molar-refractivity contribution < 1.29 is 22.7 Å². The first-order valence-corrected chi connectivity index (χ1v) is 5.39. The standard InChI is InChI=1S/C8H11BrF3NO2/c9-6-1-2-13(7(6)14)3-4-15-5-8(10,11)12/h6H,1-5H2. The average Bonchev–Trinajstić information content (AvgIpc) is 2.42. The summed E-state index contributed by atoms with van der Waals surface area (Å²) in [5.74, 6) is -0.0781. The lowest BCUT2D eigenvalue weighted by Crippen LogP contribution is -2.31. The number of carbonyl (C=O) groups is 1. The zero-order valence-electron chi connectivity index (χ0n) is 7.89. The molecule has 1 fully saturated rings. The van der Waals surface area contributed by atoms with E-state index in [0.717, 1.165) is 0 Å². The Morgan fingerprint density at radius 1 is 1.53 bits per heavy atom. The van der Waals surface area contributed by atoms with Gasteiger partial charge in [-0.3, -0.25) is 4.79 Å². The number of halogens is 4. The molecule has 1 aliphatic heterocycles. The Morgan fingerprint density at radius 2 is 2.20 bits per heavy atom. The van der Waals surface area contributed by atoms with Crippen molar-refractivity contribution in [3.63, 3.8) is 0 Å². The van der Waals surface area contributed by atoms with Gasteiger partial charge in [0.25, 0.3) is 0 Å². The third-order valence-corrected chi connectivity index (χ3v) is 2.85. The smallest absolute Gasteiger partial charge is 0.370 e. The largest absolute Gasteiger partial charge is 0.411 e. The van der Waals surface area contributed by atoms with Crippen LogP contribution in [0.3, 0.4) is 0 Å². The molecule has 7 heteroatoms. The Labute approximate surface area is 93.7 Å². The Hall–Kier alpha value is -0.300. The number of hydrogen-bond acceptors (Lipinski definition) is 2. The predicted octanol–water partition coefficient (Wildman–Crippen LogP) is 1.56. The zero-order valence-corrected chi connectivity index (χ0v) is 9.47. The summed E-state index contributed by atoms with van der Waals surface area (Å²) in [4.78, 5) is 12.6. The van der Waals surface area contributed by atoms with Gasteiger partial charge in [-0.1, -0.05) is 15.9 Å². The van der Waals surface area contributed by atoms with Crippen molar-refractivity contribution in [1.82, 2.24) is 4.90 Å². The molecule has 1 saturated heterocycles. The summed E-state index contributed by atoms with van der Waals surface area (Å²) in [5, 5.41) is 0. The van der Waals surface area contributed by atoms with E-state index < -0.39 is 12.8 Å². The Kier molecular flexibility index (Phi) is 4.39. The number of alkyl halides is 4. The molecular formula is C8H11BrF3NO2. The third-order valence-electron chi connectivity index (χ3n) is 2.00. The number of rotatable bonds is 4. The zero-order chi connectivity index (χ0) is 11.5. The summed E-state index contributed by atoms with van der Waals surface area (Å²) < 4.78 is 39.5. The van der Waals surface area contributed by atoms with Gasteiger partial charge in [-0.05, 0) is 6.42 Å². The first-order valence-electron chi connectivity index (χ1n) is 4.47. The lowest BCUT2D eigenvalue weighted by Gasteiger charge is -2.16. The number of ether oxygens (including phenoxy) is 1. The predicted molar refractivity (Wildman–Crippen MR) is 50.8 cm³/mol. The van der Waals surface area contributed by atoms with Gasteiger partial charge in [0.15, 0.2) is 0 Å². The average molecular weight is 290 g/mol. The molecule has 0 aromatic carbocycles. The highest BCUT2D eigenvalue weighted by Crippen LogP contribution is 2.18. The van der Waals surface area contributed by atoms with E-state index in [1.54, 1.807) is 0 Å². The molecule has 0 spiro atoms. The topological polar surface area (TPSA) is 29.5 Å². The molecule has 0 aliphatic carbocycles. The van der Waals surface area contributed by atoms with Crippen molar-refractivity contribution in [2.75, 3.05) is 26.3 Å². The van der Waals surface area contributed by atoms with Gasteiger partial charge in [0.2, 0.25) is 5.91 Å². The molecule has 88 valence electrons. The Bertz CT molecular complexity index is 234. The number of likely N-dealkylation sites (tertiary alicyclic amines) is 1. The van der Waals surface area contributed by atoms with Crippen LogP contribution in [-0.2, 0) is 9.53 Å². The Balaban J connectivity index is 2.14. The van der Waals surface area contributed by atoms with Gasteiger partial charge in [0, 0.05) is 13.1 Å². The van der Waals surface area contributed by atoms with Crippen LogP contribution < -0.4 is 0 Å². The maximum atomic E-state index is 11.7. The van der Waals surface area contributed by atoms with Crippen LogP contribution in [0, 0.1) is 0 Å². The van der Waals surface area contributed by atoms with Gasteiger partial charge in [0.1, 0.15) is 6.61 Å². The molecule has 0 saturated carbocycles. The minimum Gasteiger partial charge on any atom is -0.370 e. The van der Waals surface area contributed by atoms with Crippen LogP contribution in [0.1, 0.15) is 6.42 Å². The molecule has 0 aromatic heterocycles. The summed E-state index contributed by atoms with van der Waals surface area (Å²) >= 11 is 3.17. The summed E-state index contributed by atoms with van der Waals surface area (Å²) in [6.07, 6.45) is -3.61. The number of hydrogen-bond donors (Lipinski definition) is 0. The molecule has 0 N–H and O–H groups in total. The van der Waals surface area contributed by atoms with Crippen LogP contribution in [-0.4, -0.2) is 48.1 Å². The second-order valence-corrected chi connectivity index (χ2v) is 4.35. The van der Waals surface area contributed by atoms with E-state index in [1.807, 2.05) is 0 Å². The van der Waals surface area contributed by atoms with Crippen molar-refractivity contribution in [1.29, 1.82) is 0 Å². The minimum atomic E-state index is -4.30. The third kappa shape index (κ3) is 4.38. The van der Waals surface area contributed by atoms with Crippen molar-refractivity contribution >= 4 is 21.8 Å². The minimum absolute atomic E-state index is 0.0781. The van der Waals surface area contributed by atoms with Crippen molar-refractivity contribution in [3.8, 4) is 0 Å². The van der Waals surface area contributed by atoms with Gasteiger partial charge >= 0.3 is 6.18 Å². The molecule has 1 atom stereocenters. The molecule has 1 heterocycles. The maximum absolute atomic E-state index is 11.7. The highest BCUT2D eigenvalue weighted by atomic mass is 79.9. The summed E-state index contributed by atoms with van der Waals surface area (Å²) in [6, 6.07) is 0. The van der Waals surface area contributed by atoms with Crippen LogP contribution >= 0.6 is 15.9 Å². The van der Waals surface area contributed by atoms with E-state index in [0.29, 0.717) is 13.0 Å². The van der Waals surface area contributed by atoms with Gasteiger partial charge < -0.3 is 9.64 Å². The SMILES string of the molecule is O=C1C(Br)CCN1CCOCC(F)(F)F. The van der Waals surface area contributed by atoms with Gasteiger partial charge in [-0.2, -0.15) is 13.2 Å². The monoisotopic (exact) mass is 289 g/mol. The summed E-state index contributed by atoms with van der Waals surface area (Å²) in [5.41, 5.74) is 0. The number of amides is 1. The maximum Gasteiger partial charge on any atom is 0.411 e. The van der Waals surface area contributed by atoms with Crippen LogP contribution in [0.15, 0.2) is 0 Å². The quantitative estimate of drug-likeness (QED) is 0.581. The lowest BCUT2D eigenvalue weighted by molar-refractivity contribution is -0.174. The van der Waals surface area contributed by atoms with Crippen molar-refractivity contribution in [2.24, 2.45) is 0 Å². The first-order chi connectivity index (χ1) is 6.90. The number of nitrogens with zero attached hydrogens (tertiary/aromatic N) is 1. The Morgan fingerprint density at radius 3 is 2.67 bits per heavy atom. The van der Waals surface area contributed by atoms with Gasteiger partial charge in [-0.25, -0.2) is 0 Å². The van der Waals surface area contributed by atoms with Crippen LogP contribution in [0.25, 0.3) is 0 Å². The molecule has 15 heavy (non-hydrogen) atoms. The summed E-state index contributed by atoms with van der Waals surface area (Å²) in [6.45, 7) is -0.543. The van der Waals surface area contributed by atoms with E-state index in [1.165, 1.54) is 4.90 Å². The molecule has 1 amide bonds. The molecule has 1 rings (SSSR count). The molecule has 0 aromatic rings. The fraction of sp³-hybridized carbons (Fsp3) is 0.875. The van der Waals surface area contributed by atoms with E-state index in [-0.39, 0.29) is 23.9 Å². The molecule has 1 unspecified atom stereocenters. The van der Waals surface area contributed by atoms with Crippen LogP contribution in [0.2, 0.25) is 0 Å². The fourth-order valence-electron chi connectivity index (χ4n) is 1.29. The molecule has 3 nitrogen and oxygen atoms in total. The van der Waals surface area contributed by atoms with Gasteiger partial charge in [0.05, 0.1) is 11.4 Å². The van der Waals surface area contributed by atoms with Crippen LogP contribution in [0.5, 0.6) is 0 Å². The normalized spacial score (nSPS) is 22.5. The van der Waals surface area contributed by atoms with Crippen LogP contribution in [0.4, 0.5) is 13.2 Å². The van der Waals surface area contributed by atoms with E-state index >= 15 is 0 Å². The molecule has 0 bridgehead atoms. The highest BCUT2D eigenvalue weighted by Gasteiger charge is 2.30.